The minimum Gasteiger partial charge on any atom is -0.394 e. The molecule has 1 rings (SSSR count). The van der Waals surface area contributed by atoms with Gasteiger partial charge in [-0.25, -0.2) is 0 Å². The second-order valence-electron chi connectivity index (χ2n) is 2.65. The van der Waals surface area contributed by atoms with Crippen molar-refractivity contribution in [3.05, 3.63) is 10.4 Å². The van der Waals surface area contributed by atoms with Crippen LogP contribution in [0.3, 0.4) is 0 Å². The average Bonchev–Trinajstić information content (AvgIpc) is 2.19. The molecule has 0 aromatic carbocycles. The number of nitrogens with zero attached hydrogens (tertiary/aromatic N) is 3. The topological polar surface area (TPSA) is 70.9 Å². The van der Waals surface area contributed by atoms with Crippen LogP contribution in [0.4, 0.5) is 5.82 Å². The Morgan fingerprint density at radius 2 is 2.14 bits per heavy atom. The van der Waals surface area contributed by atoms with E-state index in [4.69, 9.17) is 28.3 Å². The molecule has 1 unspecified atom stereocenters. The van der Waals surface area contributed by atoms with Crippen molar-refractivity contribution in [2.45, 2.75) is 19.4 Å². The lowest BCUT2D eigenvalue weighted by Crippen LogP contribution is -2.23. The van der Waals surface area contributed by atoms with Crippen LogP contribution < -0.4 is 5.32 Å². The minimum atomic E-state index is -0.111. The fraction of sp³-hybridized carbons (Fsp3) is 0.571. The highest BCUT2D eigenvalue weighted by molar-refractivity contribution is 6.32. The number of aromatic nitrogens is 3. The van der Waals surface area contributed by atoms with E-state index in [1.54, 1.807) is 0 Å². The molecule has 2 N–H and O–H groups in total. The summed E-state index contributed by atoms with van der Waals surface area (Å²) in [4.78, 5) is 3.85. The van der Waals surface area contributed by atoms with Crippen LogP contribution in [0.1, 0.15) is 13.3 Å². The number of aliphatic hydroxyl groups excluding tert-OH is 1. The summed E-state index contributed by atoms with van der Waals surface area (Å²) in [5.41, 5.74) is 0. The molecule has 0 aliphatic heterocycles. The molecule has 1 heterocycles. The molecule has 1 atom stereocenters. The first-order valence-electron chi connectivity index (χ1n) is 4.10. The Morgan fingerprint density at radius 1 is 1.43 bits per heavy atom. The fourth-order valence-corrected chi connectivity index (χ4v) is 1.11. The number of hydrogen-bond acceptors (Lipinski definition) is 5. The van der Waals surface area contributed by atoms with E-state index in [1.165, 1.54) is 0 Å². The average molecular weight is 237 g/mol. The van der Waals surface area contributed by atoms with Crippen LogP contribution in [0, 0.1) is 0 Å². The van der Waals surface area contributed by atoms with Crippen molar-refractivity contribution in [1.82, 2.24) is 15.2 Å². The van der Waals surface area contributed by atoms with Gasteiger partial charge in [0, 0.05) is 0 Å². The zero-order chi connectivity index (χ0) is 10.6. The SMILES string of the molecule is CCC(CO)Nc1nc(Cl)nnc1Cl. The summed E-state index contributed by atoms with van der Waals surface area (Å²) in [5.74, 6) is 0.340. The number of halogens is 2. The molecule has 0 saturated heterocycles. The van der Waals surface area contributed by atoms with Crippen LogP contribution in [0.25, 0.3) is 0 Å². The van der Waals surface area contributed by atoms with Gasteiger partial charge in [0.25, 0.3) is 0 Å². The zero-order valence-corrected chi connectivity index (χ0v) is 9.05. The van der Waals surface area contributed by atoms with Gasteiger partial charge in [0.2, 0.25) is 5.28 Å². The number of nitrogens with one attached hydrogen (secondary N) is 1. The van der Waals surface area contributed by atoms with Gasteiger partial charge in [-0.15, -0.1) is 10.2 Å². The lowest BCUT2D eigenvalue weighted by molar-refractivity contribution is 0.271. The Kier molecular flexibility index (Phi) is 4.31. The van der Waals surface area contributed by atoms with Gasteiger partial charge in [-0.3, -0.25) is 0 Å². The minimum absolute atomic E-state index is 0.00551. The quantitative estimate of drug-likeness (QED) is 0.827. The molecular formula is C7H10Cl2N4O. The third kappa shape index (κ3) is 2.94. The summed E-state index contributed by atoms with van der Waals surface area (Å²) in [5, 5.41) is 19.1. The Labute approximate surface area is 91.5 Å². The molecule has 0 amide bonds. The van der Waals surface area contributed by atoms with E-state index in [0.717, 1.165) is 6.42 Å². The molecular weight excluding hydrogens is 227 g/mol. The summed E-state index contributed by atoms with van der Waals surface area (Å²) >= 11 is 11.3. The van der Waals surface area contributed by atoms with Crippen molar-refractivity contribution in [3.8, 4) is 0 Å². The van der Waals surface area contributed by atoms with Crippen LogP contribution in [0.5, 0.6) is 0 Å². The van der Waals surface area contributed by atoms with E-state index in [9.17, 15) is 0 Å². The molecule has 0 aliphatic rings. The zero-order valence-electron chi connectivity index (χ0n) is 7.54. The van der Waals surface area contributed by atoms with Crippen molar-refractivity contribution < 1.29 is 5.11 Å². The standard InChI is InChI=1S/C7H10Cl2N4O/c1-2-4(3-14)10-6-5(8)12-13-7(9)11-6/h4,14H,2-3H2,1H3,(H,10,11,13). The maximum atomic E-state index is 8.95. The lowest BCUT2D eigenvalue weighted by atomic mass is 10.2. The van der Waals surface area contributed by atoms with E-state index in [1.807, 2.05) is 6.92 Å². The molecule has 0 bridgehead atoms. The molecule has 0 spiro atoms. The summed E-state index contributed by atoms with van der Waals surface area (Å²) in [7, 11) is 0. The molecule has 78 valence electrons. The molecule has 14 heavy (non-hydrogen) atoms. The van der Waals surface area contributed by atoms with Gasteiger partial charge in [-0.05, 0) is 18.0 Å². The second kappa shape index (κ2) is 5.29. The van der Waals surface area contributed by atoms with E-state index >= 15 is 0 Å². The first-order chi connectivity index (χ1) is 6.67. The third-order valence-electron chi connectivity index (χ3n) is 1.67. The summed E-state index contributed by atoms with van der Waals surface area (Å²) in [6.07, 6.45) is 0.744. The van der Waals surface area contributed by atoms with E-state index < -0.39 is 0 Å². The number of anilines is 1. The highest BCUT2D eigenvalue weighted by Gasteiger charge is 2.10. The van der Waals surface area contributed by atoms with Crippen molar-refractivity contribution in [2.24, 2.45) is 0 Å². The monoisotopic (exact) mass is 236 g/mol. The highest BCUT2D eigenvalue weighted by atomic mass is 35.5. The van der Waals surface area contributed by atoms with Crippen molar-refractivity contribution in [1.29, 1.82) is 0 Å². The van der Waals surface area contributed by atoms with E-state index in [0.29, 0.717) is 5.82 Å². The van der Waals surface area contributed by atoms with Gasteiger partial charge in [0.05, 0.1) is 12.6 Å². The lowest BCUT2D eigenvalue weighted by Gasteiger charge is -2.14. The molecule has 7 heteroatoms. The molecule has 0 aliphatic carbocycles. The second-order valence-corrected chi connectivity index (χ2v) is 3.35. The van der Waals surface area contributed by atoms with Gasteiger partial charge in [0.15, 0.2) is 11.0 Å². The first-order valence-corrected chi connectivity index (χ1v) is 4.86. The predicted molar refractivity (Wildman–Crippen MR) is 54.6 cm³/mol. The normalized spacial score (nSPS) is 12.6. The molecule has 1 aromatic rings. The number of rotatable bonds is 4. The van der Waals surface area contributed by atoms with Crippen LogP contribution in [-0.2, 0) is 0 Å². The van der Waals surface area contributed by atoms with Gasteiger partial charge >= 0.3 is 0 Å². The van der Waals surface area contributed by atoms with Gasteiger partial charge in [-0.2, -0.15) is 4.98 Å². The van der Waals surface area contributed by atoms with Crippen LogP contribution in [0.15, 0.2) is 0 Å². The third-order valence-corrected chi connectivity index (χ3v) is 2.09. The van der Waals surface area contributed by atoms with E-state index in [2.05, 4.69) is 20.5 Å². The molecule has 0 radical (unpaired) electrons. The largest absolute Gasteiger partial charge is 0.394 e. The Balaban J connectivity index is 2.79. The molecule has 0 fully saturated rings. The highest BCUT2D eigenvalue weighted by Crippen LogP contribution is 2.17. The first kappa shape index (κ1) is 11.4. The van der Waals surface area contributed by atoms with E-state index in [-0.39, 0.29) is 23.1 Å². The Hall–Kier alpha value is -0.650. The smallest absolute Gasteiger partial charge is 0.245 e. The van der Waals surface area contributed by atoms with Gasteiger partial charge in [0.1, 0.15) is 0 Å². The summed E-state index contributed by atoms with van der Waals surface area (Å²) in [6, 6.07) is -0.111. The number of aliphatic hydroxyl groups is 1. The van der Waals surface area contributed by atoms with Gasteiger partial charge < -0.3 is 10.4 Å². The van der Waals surface area contributed by atoms with Crippen LogP contribution >= 0.6 is 23.2 Å². The van der Waals surface area contributed by atoms with Gasteiger partial charge in [-0.1, -0.05) is 18.5 Å². The van der Waals surface area contributed by atoms with Crippen LogP contribution in [0.2, 0.25) is 10.4 Å². The Morgan fingerprint density at radius 3 is 2.71 bits per heavy atom. The maximum Gasteiger partial charge on any atom is 0.245 e. The summed E-state index contributed by atoms with van der Waals surface area (Å²) in [6.45, 7) is 1.92. The van der Waals surface area contributed by atoms with Crippen molar-refractivity contribution >= 4 is 29.0 Å². The number of hydrogen-bond donors (Lipinski definition) is 2. The molecule has 5 nitrogen and oxygen atoms in total. The van der Waals surface area contributed by atoms with Crippen molar-refractivity contribution in [2.75, 3.05) is 11.9 Å². The summed E-state index contributed by atoms with van der Waals surface area (Å²) < 4.78 is 0. The Bertz CT molecular complexity index is 306. The van der Waals surface area contributed by atoms with Crippen LogP contribution in [-0.4, -0.2) is 32.9 Å². The van der Waals surface area contributed by atoms with Crippen molar-refractivity contribution in [3.63, 3.8) is 0 Å². The molecule has 1 aromatic heterocycles. The maximum absolute atomic E-state index is 8.95. The fourth-order valence-electron chi connectivity index (χ4n) is 0.855. The molecule has 0 saturated carbocycles. The predicted octanol–water partition coefficient (Wildman–Crippen LogP) is 1.36.